The normalized spacial score (nSPS) is 15.6. The molecule has 0 fully saturated rings. The molecule has 4 rings (SSSR count). The highest BCUT2D eigenvalue weighted by atomic mass is 19.4. The van der Waals surface area contributed by atoms with E-state index in [2.05, 4.69) is 0 Å². The molecule has 38 heavy (non-hydrogen) atoms. The fourth-order valence-corrected chi connectivity index (χ4v) is 5.13. The van der Waals surface area contributed by atoms with Crippen LogP contribution in [0.2, 0.25) is 0 Å². The van der Waals surface area contributed by atoms with E-state index in [4.69, 9.17) is 4.74 Å². The first-order valence-corrected chi connectivity index (χ1v) is 12.2. The minimum Gasteiger partial charge on any atom is -0.496 e. The highest BCUT2D eigenvalue weighted by Gasteiger charge is 2.57. The molecular weight excluding hydrogens is 500 g/mol. The van der Waals surface area contributed by atoms with Gasteiger partial charge in [-0.3, -0.25) is 4.79 Å². The van der Waals surface area contributed by atoms with Crippen LogP contribution in [0.1, 0.15) is 36.2 Å². The number of carbonyl (C=O) groups excluding carboxylic acids is 1. The van der Waals surface area contributed by atoms with Crippen LogP contribution in [0.4, 0.5) is 28.9 Å². The Bertz CT molecular complexity index is 1300. The lowest BCUT2D eigenvalue weighted by molar-refractivity contribution is -0.262. The molecule has 5 nitrogen and oxygen atoms in total. The Morgan fingerprint density at radius 2 is 1.58 bits per heavy atom. The summed E-state index contributed by atoms with van der Waals surface area (Å²) in [6, 6.07) is 19.0. The Kier molecular flexibility index (Phi) is 7.43. The molecule has 202 valence electrons. The van der Waals surface area contributed by atoms with Gasteiger partial charge in [-0.1, -0.05) is 44.2 Å². The molecule has 0 radical (unpaired) electrons. The summed E-state index contributed by atoms with van der Waals surface area (Å²) < 4.78 is 62.9. The summed E-state index contributed by atoms with van der Waals surface area (Å²) in [5, 5.41) is 11.2. The highest BCUT2D eigenvalue weighted by Crippen LogP contribution is 2.45. The van der Waals surface area contributed by atoms with Gasteiger partial charge in [-0.2, -0.15) is 13.2 Å². The summed E-state index contributed by atoms with van der Waals surface area (Å²) in [5.74, 6) is -0.639. The number of rotatable bonds is 7. The second kappa shape index (κ2) is 10.3. The first-order chi connectivity index (χ1) is 17.9. The van der Waals surface area contributed by atoms with Gasteiger partial charge in [0.1, 0.15) is 11.6 Å². The van der Waals surface area contributed by atoms with Crippen LogP contribution in [-0.2, 0) is 5.41 Å². The number of halogens is 4. The minimum absolute atomic E-state index is 0.0810. The van der Waals surface area contributed by atoms with E-state index in [0.717, 1.165) is 6.07 Å². The zero-order valence-corrected chi connectivity index (χ0v) is 21.4. The second-order valence-corrected chi connectivity index (χ2v) is 10.2. The monoisotopic (exact) mass is 530 g/mol. The maximum Gasteiger partial charge on any atom is 0.418 e. The van der Waals surface area contributed by atoms with Gasteiger partial charge in [0.05, 0.1) is 25.0 Å². The van der Waals surface area contributed by atoms with Crippen molar-refractivity contribution in [3.63, 3.8) is 0 Å². The molecule has 0 aromatic heterocycles. The zero-order chi connectivity index (χ0) is 27.7. The van der Waals surface area contributed by atoms with Gasteiger partial charge in [-0.15, -0.1) is 0 Å². The van der Waals surface area contributed by atoms with E-state index in [1.165, 1.54) is 42.9 Å². The van der Waals surface area contributed by atoms with Gasteiger partial charge < -0.3 is 19.6 Å². The van der Waals surface area contributed by atoms with Gasteiger partial charge in [-0.05, 0) is 54.3 Å². The van der Waals surface area contributed by atoms with Crippen LogP contribution in [0.5, 0.6) is 5.75 Å². The number of β-amino-alcohol motifs (C(OH)–C–C–N with tert-alkyl or cyclic N) is 1. The predicted molar refractivity (Wildman–Crippen MR) is 138 cm³/mol. The van der Waals surface area contributed by atoms with E-state index >= 15 is 0 Å². The molecular formula is C29H30F4N2O3. The molecule has 0 saturated heterocycles. The van der Waals surface area contributed by atoms with Gasteiger partial charge >= 0.3 is 6.18 Å². The molecule has 1 aliphatic heterocycles. The maximum absolute atomic E-state index is 14.5. The van der Waals surface area contributed by atoms with Crippen molar-refractivity contribution >= 4 is 17.3 Å². The summed E-state index contributed by atoms with van der Waals surface area (Å²) >= 11 is 0. The van der Waals surface area contributed by atoms with E-state index < -0.39 is 36.0 Å². The van der Waals surface area contributed by atoms with Crippen molar-refractivity contribution in [2.24, 2.45) is 0 Å². The van der Waals surface area contributed by atoms with Crippen molar-refractivity contribution in [1.29, 1.82) is 0 Å². The molecule has 1 N–H and O–H groups in total. The summed E-state index contributed by atoms with van der Waals surface area (Å²) in [6.45, 7) is 2.50. The van der Waals surface area contributed by atoms with Crippen LogP contribution >= 0.6 is 0 Å². The lowest BCUT2D eigenvalue weighted by atomic mass is 9.74. The van der Waals surface area contributed by atoms with Crippen LogP contribution in [0.15, 0.2) is 72.8 Å². The summed E-state index contributed by atoms with van der Waals surface area (Å²) in [7, 11) is 1.36. The number of carbonyl (C=O) groups is 1. The Labute approximate surface area is 219 Å². The Morgan fingerprint density at radius 1 is 0.947 bits per heavy atom. The third-order valence-corrected chi connectivity index (χ3v) is 6.98. The number of anilines is 2. The third-order valence-electron chi connectivity index (χ3n) is 6.98. The number of hydrogen-bond donors (Lipinski definition) is 1. The molecule has 1 heterocycles. The first kappa shape index (κ1) is 27.4. The minimum atomic E-state index is -4.99. The van der Waals surface area contributed by atoms with Crippen molar-refractivity contribution in [2.45, 2.75) is 37.5 Å². The van der Waals surface area contributed by atoms with Gasteiger partial charge in [0.15, 0.2) is 5.60 Å². The van der Waals surface area contributed by atoms with E-state index in [0.29, 0.717) is 16.9 Å². The molecule has 3 aromatic carbocycles. The van der Waals surface area contributed by atoms with E-state index in [1.54, 1.807) is 54.6 Å². The molecule has 9 heteroatoms. The molecule has 1 atom stereocenters. The lowest BCUT2D eigenvalue weighted by Crippen LogP contribution is -2.58. The molecule has 1 amide bonds. The quantitative estimate of drug-likeness (QED) is 0.383. The van der Waals surface area contributed by atoms with Gasteiger partial charge in [0.2, 0.25) is 0 Å². The molecule has 0 bridgehead atoms. The van der Waals surface area contributed by atoms with E-state index in [9.17, 15) is 27.5 Å². The number of hydrogen-bond acceptors (Lipinski definition) is 4. The SMILES string of the molecule is COc1ccc(F)cc1C(C)(C)CC(O)(CN1CCN(C(=O)c2ccccc2)c2ccccc21)C(F)(F)F. The smallest absolute Gasteiger partial charge is 0.418 e. The summed E-state index contributed by atoms with van der Waals surface area (Å²) in [4.78, 5) is 16.2. The topological polar surface area (TPSA) is 53.0 Å². The zero-order valence-electron chi connectivity index (χ0n) is 21.4. The maximum atomic E-state index is 14.5. The largest absolute Gasteiger partial charge is 0.496 e. The fourth-order valence-electron chi connectivity index (χ4n) is 5.13. The average molecular weight is 531 g/mol. The standard InChI is InChI=1S/C29H30F4N2O3/c1-27(2,22-17-21(30)13-14-25(22)38-3)18-28(37,29(31,32)33)19-34-15-16-35(24-12-8-7-11-23(24)34)26(36)20-9-5-4-6-10-20/h4-14,17,37H,15-16,18-19H2,1-3H3. The fraction of sp³-hybridized carbons (Fsp3) is 0.345. The van der Waals surface area contributed by atoms with Crippen LogP contribution in [0.3, 0.4) is 0 Å². The molecule has 0 spiro atoms. The molecule has 1 unspecified atom stereocenters. The van der Waals surface area contributed by atoms with Crippen LogP contribution in [0.25, 0.3) is 0 Å². The molecule has 0 aliphatic carbocycles. The highest BCUT2D eigenvalue weighted by molar-refractivity contribution is 6.08. The van der Waals surface area contributed by atoms with Crippen molar-refractivity contribution in [2.75, 3.05) is 36.5 Å². The molecule has 1 aliphatic rings. The van der Waals surface area contributed by atoms with Crippen molar-refractivity contribution in [1.82, 2.24) is 0 Å². The van der Waals surface area contributed by atoms with Crippen LogP contribution in [0, 0.1) is 5.82 Å². The Balaban J connectivity index is 1.67. The Hall–Kier alpha value is -3.59. The number of methoxy groups -OCH3 is 1. The number of para-hydroxylation sites is 2. The van der Waals surface area contributed by atoms with E-state index in [1.807, 2.05) is 0 Å². The van der Waals surface area contributed by atoms with Gasteiger partial charge in [0, 0.05) is 24.2 Å². The summed E-state index contributed by atoms with van der Waals surface area (Å²) in [5.41, 5.74) is -2.89. The average Bonchev–Trinajstić information content (AvgIpc) is 2.88. The van der Waals surface area contributed by atoms with Gasteiger partial charge in [0.25, 0.3) is 5.91 Å². The number of benzene rings is 3. The number of alkyl halides is 3. The molecule has 3 aromatic rings. The van der Waals surface area contributed by atoms with E-state index in [-0.39, 0.29) is 30.3 Å². The van der Waals surface area contributed by atoms with Crippen molar-refractivity contribution < 1.29 is 32.2 Å². The number of nitrogens with zero attached hydrogens (tertiary/aromatic N) is 2. The third kappa shape index (κ3) is 5.34. The van der Waals surface area contributed by atoms with Gasteiger partial charge in [-0.25, -0.2) is 4.39 Å². The molecule has 0 saturated carbocycles. The first-order valence-electron chi connectivity index (χ1n) is 12.2. The number of aliphatic hydroxyl groups is 1. The lowest BCUT2D eigenvalue weighted by Gasteiger charge is -2.44. The summed E-state index contributed by atoms with van der Waals surface area (Å²) in [6.07, 6.45) is -5.73. The van der Waals surface area contributed by atoms with Crippen molar-refractivity contribution in [3.05, 3.63) is 89.7 Å². The van der Waals surface area contributed by atoms with Crippen molar-refractivity contribution in [3.8, 4) is 5.75 Å². The van der Waals surface area contributed by atoms with Crippen LogP contribution in [-0.4, -0.2) is 49.5 Å². The number of ether oxygens (including phenoxy) is 1. The Morgan fingerprint density at radius 3 is 2.21 bits per heavy atom. The van der Waals surface area contributed by atoms with Crippen LogP contribution < -0.4 is 14.5 Å². The second-order valence-electron chi connectivity index (χ2n) is 10.2. The number of amides is 1. The number of fused-ring (bicyclic) bond motifs is 1. The predicted octanol–water partition coefficient (Wildman–Crippen LogP) is 5.96.